The number of hydrogen-bond donors (Lipinski definition) is 3. The quantitative estimate of drug-likeness (QED) is 0.600. The normalized spacial score (nSPS) is 14.5. The molecule has 0 unspecified atom stereocenters. The molecule has 1 saturated carbocycles. The molecule has 1 aliphatic carbocycles. The molecule has 1 aromatic heterocycles. The number of carbonyl (C=O) groups is 1. The Kier molecular flexibility index (Phi) is 5.46. The van der Waals surface area contributed by atoms with Gasteiger partial charge in [-0.15, -0.1) is 0 Å². The van der Waals surface area contributed by atoms with Crippen molar-refractivity contribution in [3.8, 4) is 16.9 Å². The number of benzene rings is 2. The van der Waals surface area contributed by atoms with Crippen LogP contribution in [0.2, 0.25) is 0 Å². The Bertz CT molecular complexity index is 996. The highest BCUT2D eigenvalue weighted by molar-refractivity contribution is 5.97. The molecule has 2 aromatic carbocycles. The van der Waals surface area contributed by atoms with E-state index in [-0.39, 0.29) is 23.6 Å². The summed E-state index contributed by atoms with van der Waals surface area (Å²) in [6.45, 7) is 0. The number of nitrogens with two attached hydrogens (primary N) is 1. The third-order valence-corrected chi connectivity index (χ3v) is 5.23. The van der Waals surface area contributed by atoms with Gasteiger partial charge in [0.25, 0.3) is 0 Å². The van der Waals surface area contributed by atoms with Crippen LogP contribution < -0.4 is 16.4 Å². The number of carbonyl (C=O) groups excluding carboxylic acids is 1. The number of rotatable bonds is 4. The van der Waals surface area contributed by atoms with Gasteiger partial charge in [-0.1, -0.05) is 61.7 Å². The molecule has 6 nitrogen and oxygen atoms in total. The molecule has 29 heavy (non-hydrogen) atoms. The van der Waals surface area contributed by atoms with Crippen LogP contribution in [0.15, 0.2) is 54.6 Å². The molecule has 7 heteroatoms. The summed E-state index contributed by atoms with van der Waals surface area (Å²) < 4.78 is 15.7. The molecule has 2 amide bonds. The van der Waals surface area contributed by atoms with Crippen molar-refractivity contribution in [2.75, 3.05) is 11.1 Å². The number of nitrogens with zero attached hydrogens (tertiary/aromatic N) is 2. The summed E-state index contributed by atoms with van der Waals surface area (Å²) >= 11 is 0. The molecule has 0 spiro atoms. The van der Waals surface area contributed by atoms with Gasteiger partial charge >= 0.3 is 6.03 Å². The maximum atomic E-state index is 14.4. The number of anilines is 2. The maximum absolute atomic E-state index is 14.4. The van der Waals surface area contributed by atoms with Crippen molar-refractivity contribution in [2.45, 2.75) is 38.1 Å². The van der Waals surface area contributed by atoms with Crippen molar-refractivity contribution in [3.05, 3.63) is 60.4 Å². The fourth-order valence-electron chi connectivity index (χ4n) is 3.74. The lowest BCUT2D eigenvalue weighted by Crippen LogP contribution is -2.39. The molecule has 4 rings (SSSR count). The second-order valence-electron chi connectivity index (χ2n) is 7.27. The lowest BCUT2D eigenvalue weighted by atomic mass is 9.96. The van der Waals surface area contributed by atoms with Crippen molar-refractivity contribution in [3.63, 3.8) is 0 Å². The van der Waals surface area contributed by atoms with Crippen LogP contribution in [-0.4, -0.2) is 21.9 Å². The van der Waals surface area contributed by atoms with Gasteiger partial charge in [-0.05, 0) is 25.0 Å². The van der Waals surface area contributed by atoms with Crippen LogP contribution in [0.3, 0.4) is 0 Å². The Morgan fingerprint density at radius 1 is 1.03 bits per heavy atom. The highest BCUT2D eigenvalue weighted by Gasteiger charge is 2.23. The summed E-state index contributed by atoms with van der Waals surface area (Å²) in [5.41, 5.74) is 8.18. The number of para-hydroxylation sites is 1. The Labute approximate surface area is 168 Å². The molecule has 1 heterocycles. The van der Waals surface area contributed by atoms with Gasteiger partial charge < -0.3 is 16.4 Å². The summed E-state index contributed by atoms with van der Waals surface area (Å²) in [7, 11) is 0. The molecular weight excluding hydrogens is 369 g/mol. The van der Waals surface area contributed by atoms with E-state index in [9.17, 15) is 9.18 Å². The van der Waals surface area contributed by atoms with E-state index in [1.54, 1.807) is 18.2 Å². The third-order valence-electron chi connectivity index (χ3n) is 5.23. The summed E-state index contributed by atoms with van der Waals surface area (Å²) in [4.78, 5) is 12.6. The predicted molar refractivity (Wildman–Crippen MR) is 112 cm³/mol. The Hall–Kier alpha value is -3.35. The zero-order chi connectivity index (χ0) is 20.2. The molecule has 150 valence electrons. The SMILES string of the molecule is Nc1c(NC(=O)NC2CCCCC2)c(-c2ccccc2)nn1-c1ccccc1F. The lowest BCUT2D eigenvalue weighted by Gasteiger charge is -2.22. The largest absolute Gasteiger partial charge is 0.382 e. The molecule has 0 radical (unpaired) electrons. The average Bonchev–Trinajstić information content (AvgIpc) is 3.06. The number of halogens is 1. The van der Waals surface area contributed by atoms with Crippen molar-refractivity contribution < 1.29 is 9.18 Å². The van der Waals surface area contributed by atoms with Crippen LogP contribution in [0.25, 0.3) is 16.9 Å². The van der Waals surface area contributed by atoms with Crippen LogP contribution >= 0.6 is 0 Å². The first kappa shape index (κ1) is 19.0. The average molecular weight is 393 g/mol. The topological polar surface area (TPSA) is 85.0 Å². The minimum absolute atomic E-state index is 0.159. The van der Waals surface area contributed by atoms with E-state index in [2.05, 4.69) is 15.7 Å². The van der Waals surface area contributed by atoms with E-state index in [1.165, 1.54) is 17.2 Å². The Morgan fingerprint density at radius 2 is 1.72 bits per heavy atom. The molecule has 1 fully saturated rings. The smallest absolute Gasteiger partial charge is 0.319 e. The summed E-state index contributed by atoms with van der Waals surface area (Å²) in [5.74, 6) is -0.271. The summed E-state index contributed by atoms with van der Waals surface area (Å²) in [5, 5.41) is 10.4. The van der Waals surface area contributed by atoms with Gasteiger partial charge in [-0.2, -0.15) is 5.10 Å². The zero-order valence-corrected chi connectivity index (χ0v) is 16.1. The molecule has 0 saturated heterocycles. The van der Waals surface area contributed by atoms with Crippen molar-refractivity contribution >= 4 is 17.5 Å². The number of nitrogen functional groups attached to an aromatic ring is 1. The van der Waals surface area contributed by atoms with Crippen molar-refractivity contribution in [1.29, 1.82) is 0 Å². The van der Waals surface area contributed by atoms with Crippen LogP contribution in [0.1, 0.15) is 32.1 Å². The van der Waals surface area contributed by atoms with E-state index in [0.717, 1.165) is 31.2 Å². The van der Waals surface area contributed by atoms with E-state index in [4.69, 9.17) is 5.73 Å². The molecule has 0 atom stereocenters. The molecule has 0 bridgehead atoms. The third kappa shape index (κ3) is 4.08. The van der Waals surface area contributed by atoms with E-state index < -0.39 is 5.82 Å². The first-order valence-corrected chi connectivity index (χ1v) is 9.90. The lowest BCUT2D eigenvalue weighted by molar-refractivity contribution is 0.244. The number of nitrogens with one attached hydrogen (secondary N) is 2. The highest BCUT2D eigenvalue weighted by atomic mass is 19.1. The number of urea groups is 1. The molecule has 1 aliphatic rings. The first-order chi connectivity index (χ1) is 14.1. The van der Waals surface area contributed by atoms with Gasteiger partial charge in [0, 0.05) is 11.6 Å². The van der Waals surface area contributed by atoms with Gasteiger partial charge in [-0.3, -0.25) is 0 Å². The molecule has 0 aliphatic heterocycles. The van der Waals surface area contributed by atoms with Crippen LogP contribution in [0, 0.1) is 5.82 Å². The highest BCUT2D eigenvalue weighted by Crippen LogP contribution is 2.34. The van der Waals surface area contributed by atoms with E-state index in [0.29, 0.717) is 11.4 Å². The van der Waals surface area contributed by atoms with Gasteiger partial charge in [0.1, 0.15) is 22.9 Å². The van der Waals surface area contributed by atoms with Gasteiger partial charge in [0.15, 0.2) is 5.82 Å². The minimum Gasteiger partial charge on any atom is -0.382 e. The minimum atomic E-state index is -0.445. The standard InChI is InChI=1S/C22H24FN5O/c23-17-13-7-8-14-18(17)28-21(24)20(19(27-28)15-9-3-1-4-10-15)26-22(29)25-16-11-5-2-6-12-16/h1,3-4,7-10,13-14,16H,2,5-6,11-12,24H2,(H2,25,26,29). The Morgan fingerprint density at radius 3 is 2.45 bits per heavy atom. The predicted octanol–water partition coefficient (Wildman–Crippen LogP) is 4.71. The monoisotopic (exact) mass is 393 g/mol. The van der Waals surface area contributed by atoms with Gasteiger partial charge in [0.2, 0.25) is 0 Å². The number of aromatic nitrogens is 2. The Balaban J connectivity index is 1.69. The maximum Gasteiger partial charge on any atom is 0.319 e. The fourth-order valence-corrected chi connectivity index (χ4v) is 3.74. The van der Waals surface area contributed by atoms with E-state index in [1.807, 2.05) is 30.3 Å². The van der Waals surface area contributed by atoms with Crippen LogP contribution in [-0.2, 0) is 0 Å². The molecule has 4 N–H and O–H groups in total. The number of amides is 2. The van der Waals surface area contributed by atoms with Crippen molar-refractivity contribution in [1.82, 2.24) is 15.1 Å². The van der Waals surface area contributed by atoms with Gasteiger partial charge in [-0.25, -0.2) is 13.9 Å². The van der Waals surface area contributed by atoms with Crippen molar-refractivity contribution in [2.24, 2.45) is 0 Å². The van der Waals surface area contributed by atoms with Crippen LogP contribution in [0.5, 0.6) is 0 Å². The summed E-state index contributed by atoms with van der Waals surface area (Å²) in [6.07, 6.45) is 5.40. The van der Waals surface area contributed by atoms with Crippen LogP contribution in [0.4, 0.5) is 20.7 Å². The second-order valence-corrected chi connectivity index (χ2v) is 7.27. The number of hydrogen-bond acceptors (Lipinski definition) is 3. The second kappa shape index (κ2) is 8.34. The molecular formula is C22H24FN5O. The first-order valence-electron chi connectivity index (χ1n) is 9.90. The molecule has 3 aromatic rings. The summed E-state index contributed by atoms with van der Waals surface area (Å²) in [6, 6.07) is 15.5. The van der Waals surface area contributed by atoms with Gasteiger partial charge in [0.05, 0.1) is 0 Å². The fraction of sp³-hybridized carbons (Fsp3) is 0.273. The van der Waals surface area contributed by atoms with E-state index >= 15 is 0 Å². The zero-order valence-electron chi connectivity index (χ0n) is 16.1.